The highest BCUT2D eigenvalue weighted by Crippen LogP contribution is 2.20. The third-order valence-electron chi connectivity index (χ3n) is 5.90. The molecule has 1 unspecified atom stereocenters. The molecule has 218 valence electrons. The average molecular weight is 567 g/mol. The van der Waals surface area contributed by atoms with E-state index in [4.69, 9.17) is 15.0 Å². The van der Waals surface area contributed by atoms with Gasteiger partial charge >= 0.3 is 12.1 Å². The first-order chi connectivity index (χ1) is 19.5. The zero-order valence-corrected chi connectivity index (χ0v) is 23.6. The van der Waals surface area contributed by atoms with Crippen molar-refractivity contribution in [3.05, 3.63) is 52.5 Å². The van der Waals surface area contributed by atoms with Gasteiger partial charge in [0.2, 0.25) is 5.91 Å². The third kappa shape index (κ3) is 9.17. The number of carbonyl (C=O) groups is 4. The maximum atomic E-state index is 13.5. The molecule has 14 nitrogen and oxygen atoms in total. The molecular weight excluding hydrogens is 532 g/mol. The van der Waals surface area contributed by atoms with Crippen molar-refractivity contribution in [3.8, 4) is 11.4 Å². The molecule has 2 aromatic rings. The van der Waals surface area contributed by atoms with E-state index in [-0.39, 0.29) is 63.0 Å². The minimum absolute atomic E-state index is 0.0303. The topological polar surface area (TPSA) is 180 Å². The summed E-state index contributed by atoms with van der Waals surface area (Å²) in [5.41, 5.74) is 8.69. The molecule has 41 heavy (non-hydrogen) atoms. The van der Waals surface area contributed by atoms with E-state index in [0.29, 0.717) is 5.56 Å². The predicted molar refractivity (Wildman–Crippen MR) is 148 cm³/mol. The molecule has 2 heterocycles. The molecule has 0 radical (unpaired) electrons. The van der Waals surface area contributed by atoms with Crippen molar-refractivity contribution in [2.24, 2.45) is 5.11 Å². The lowest BCUT2D eigenvalue weighted by Gasteiger charge is -2.36. The smallest absolute Gasteiger partial charge is 0.409 e. The van der Waals surface area contributed by atoms with Gasteiger partial charge in [-0.25, -0.2) is 14.8 Å². The van der Waals surface area contributed by atoms with Crippen LogP contribution in [-0.4, -0.2) is 88.1 Å². The second kappa shape index (κ2) is 14.1. The molecule has 1 aliphatic rings. The van der Waals surface area contributed by atoms with Crippen LogP contribution in [0, 0.1) is 0 Å². The number of nitrogens with zero attached hydrogens (tertiary/aromatic N) is 7. The van der Waals surface area contributed by atoms with Gasteiger partial charge in [0.1, 0.15) is 23.2 Å². The normalized spacial score (nSPS) is 14.0. The Kier molecular flexibility index (Phi) is 10.6. The van der Waals surface area contributed by atoms with Gasteiger partial charge in [-0.3, -0.25) is 14.4 Å². The lowest BCUT2D eigenvalue weighted by Crippen LogP contribution is -2.56. The quantitative estimate of drug-likeness (QED) is 0.207. The van der Waals surface area contributed by atoms with Crippen molar-refractivity contribution in [2.75, 3.05) is 32.8 Å². The fraction of sp³-hybridized carbons (Fsp3) is 0.481. The van der Waals surface area contributed by atoms with Crippen molar-refractivity contribution in [1.82, 2.24) is 25.1 Å². The van der Waals surface area contributed by atoms with Crippen molar-refractivity contribution in [3.63, 3.8) is 0 Å². The molecule has 0 aliphatic carbocycles. The molecule has 1 saturated heterocycles. The largest absolute Gasteiger partial charge is 0.460 e. The van der Waals surface area contributed by atoms with Crippen LogP contribution in [0.2, 0.25) is 0 Å². The molecule has 0 bridgehead atoms. The highest BCUT2D eigenvalue weighted by Gasteiger charge is 2.32. The number of nitrogens with one attached hydrogen (secondary N) is 1. The van der Waals surface area contributed by atoms with Gasteiger partial charge in [-0.1, -0.05) is 30.3 Å². The maximum absolute atomic E-state index is 13.5. The number of hydrogen-bond donors (Lipinski definition) is 1. The van der Waals surface area contributed by atoms with Crippen LogP contribution in [0.15, 0.2) is 41.5 Å². The van der Waals surface area contributed by atoms with Gasteiger partial charge < -0.3 is 24.6 Å². The van der Waals surface area contributed by atoms with Crippen LogP contribution < -0.4 is 5.32 Å². The van der Waals surface area contributed by atoms with Gasteiger partial charge in [-0.15, -0.1) is 0 Å². The van der Waals surface area contributed by atoms with Crippen LogP contribution in [0.5, 0.6) is 0 Å². The minimum Gasteiger partial charge on any atom is -0.460 e. The lowest BCUT2D eigenvalue weighted by molar-refractivity contribution is -0.155. The summed E-state index contributed by atoms with van der Waals surface area (Å²) in [7, 11) is 0. The van der Waals surface area contributed by atoms with Crippen LogP contribution in [0.3, 0.4) is 0 Å². The predicted octanol–water partition coefficient (Wildman–Crippen LogP) is 3.61. The third-order valence-corrected chi connectivity index (χ3v) is 5.90. The SMILES string of the molecule is CCOC(=O)N1CCN(C(=O)C(CCC(=O)OC(C)(C)C)NC(=O)c2cc(N=[N+]=[N-])nc(-c3ccccc3)n2)CC1. The summed E-state index contributed by atoms with van der Waals surface area (Å²) in [5, 5.41) is 6.20. The van der Waals surface area contributed by atoms with Gasteiger partial charge in [-0.2, -0.15) is 0 Å². The monoisotopic (exact) mass is 566 g/mol. The van der Waals surface area contributed by atoms with Crippen LogP contribution in [-0.2, 0) is 19.1 Å². The van der Waals surface area contributed by atoms with Crippen molar-refractivity contribution in [1.29, 1.82) is 0 Å². The van der Waals surface area contributed by atoms with Crippen LogP contribution in [0.25, 0.3) is 21.8 Å². The van der Waals surface area contributed by atoms with Gasteiger partial charge in [0.15, 0.2) is 5.82 Å². The lowest BCUT2D eigenvalue weighted by atomic mass is 10.1. The number of azide groups is 1. The molecule has 0 spiro atoms. The van der Waals surface area contributed by atoms with Gasteiger partial charge in [0.25, 0.3) is 5.91 Å². The van der Waals surface area contributed by atoms with Crippen molar-refractivity contribution >= 4 is 29.7 Å². The summed E-state index contributed by atoms with van der Waals surface area (Å²) in [4.78, 5) is 65.7. The van der Waals surface area contributed by atoms with Crippen LogP contribution in [0.4, 0.5) is 10.6 Å². The first kappa shape index (κ1) is 30.8. The van der Waals surface area contributed by atoms with Gasteiger partial charge in [0, 0.05) is 43.1 Å². The molecule has 3 rings (SSSR count). The molecule has 1 fully saturated rings. The van der Waals surface area contributed by atoms with Crippen molar-refractivity contribution in [2.45, 2.75) is 52.2 Å². The van der Waals surface area contributed by atoms with E-state index in [1.807, 2.05) is 6.07 Å². The second-order valence-electron chi connectivity index (χ2n) is 10.2. The zero-order chi connectivity index (χ0) is 30.0. The summed E-state index contributed by atoms with van der Waals surface area (Å²) in [6.07, 6.45) is -0.611. The first-order valence-corrected chi connectivity index (χ1v) is 13.2. The number of esters is 1. The number of ether oxygens (including phenoxy) is 2. The standard InChI is InChI=1S/C27H34N8O6/c1-5-40-26(39)35-15-13-34(14-16-35)25(38)19(11-12-22(36)41-27(2,3)4)30-24(37)20-17-21(32-33-28)31-23(29-20)18-9-7-6-8-10-18/h6-10,17,19H,5,11-16H2,1-4H3,(H,30,37). The number of carbonyl (C=O) groups excluding carboxylic acids is 4. The number of piperazine rings is 1. The van der Waals surface area contributed by atoms with E-state index in [2.05, 4.69) is 25.3 Å². The Balaban J connectivity index is 1.82. The second-order valence-corrected chi connectivity index (χ2v) is 10.2. The Morgan fingerprint density at radius 1 is 1.07 bits per heavy atom. The average Bonchev–Trinajstić information content (AvgIpc) is 2.94. The Labute approximate surface area is 237 Å². The summed E-state index contributed by atoms with van der Waals surface area (Å²) in [6, 6.07) is 8.94. The molecular formula is C27H34N8O6. The number of amides is 3. The first-order valence-electron chi connectivity index (χ1n) is 13.2. The molecule has 1 aliphatic heterocycles. The fourth-order valence-electron chi connectivity index (χ4n) is 4.05. The summed E-state index contributed by atoms with van der Waals surface area (Å²) in [6.45, 7) is 8.14. The highest BCUT2D eigenvalue weighted by molar-refractivity contribution is 5.97. The van der Waals surface area contributed by atoms with E-state index in [1.54, 1.807) is 52.0 Å². The van der Waals surface area contributed by atoms with E-state index in [0.717, 1.165) is 0 Å². The van der Waals surface area contributed by atoms with Gasteiger partial charge in [0.05, 0.1) is 6.61 Å². The van der Waals surface area contributed by atoms with Gasteiger partial charge in [-0.05, 0) is 50.8 Å². The summed E-state index contributed by atoms with van der Waals surface area (Å²) < 4.78 is 10.4. The molecule has 1 atom stereocenters. The molecule has 3 amide bonds. The Bertz CT molecular complexity index is 1300. The van der Waals surface area contributed by atoms with Crippen LogP contribution in [0.1, 0.15) is 51.0 Å². The van der Waals surface area contributed by atoms with E-state index < -0.39 is 35.5 Å². The number of benzene rings is 1. The Morgan fingerprint density at radius 3 is 2.34 bits per heavy atom. The molecule has 0 saturated carbocycles. The molecule has 1 aromatic carbocycles. The Morgan fingerprint density at radius 2 is 1.73 bits per heavy atom. The van der Waals surface area contributed by atoms with E-state index in [9.17, 15) is 19.2 Å². The number of hydrogen-bond acceptors (Lipinski definition) is 9. The summed E-state index contributed by atoms with van der Waals surface area (Å²) in [5.74, 6) is -1.56. The zero-order valence-electron chi connectivity index (χ0n) is 23.6. The van der Waals surface area contributed by atoms with Crippen LogP contribution >= 0.6 is 0 Å². The van der Waals surface area contributed by atoms with E-state index >= 15 is 0 Å². The molecule has 1 aromatic heterocycles. The number of aromatic nitrogens is 2. The highest BCUT2D eigenvalue weighted by atomic mass is 16.6. The fourth-order valence-corrected chi connectivity index (χ4v) is 4.05. The number of rotatable bonds is 9. The van der Waals surface area contributed by atoms with E-state index in [1.165, 1.54) is 15.9 Å². The summed E-state index contributed by atoms with van der Waals surface area (Å²) >= 11 is 0. The molecule has 14 heteroatoms. The Hall–Kier alpha value is -4.71. The minimum atomic E-state index is -1.10. The maximum Gasteiger partial charge on any atom is 0.409 e. The van der Waals surface area contributed by atoms with Crippen molar-refractivity contribution < 1.29 is 28.7 Å². The molecule has 1 N–H and O–H groups in total.